The molecular weight excluding hydrogens is 234 g/mol. The summed E-state index contributed by atoms with van der Waals surface area (Å²) in [4.78, 5) is 2.45. The van der Waals surface area contributed by atoms with Crippen molar-refractivity contribution in [3.05, 3.63) is 59.7 Å². The van der Waals surface area contributed by atoms with Gasteiger partial charge in [-0.05, 0) is 17.7 Å². The molecule has 0 saturated carbocycles. The third-order valence-corrected chi connectivity index (χ3v) is 4.64. The molecule has 19 heavy (non-hydrogen) atoms. The van der Waals surface area contributed by atoms with Crippen LogP contribution < -0.4 is 9.64 Å². The largest absolute Gasteiger partial charge is 0.493 e. The van der Waals surface area contributed by atoms with E-state index in [0.29, 0.717) is 0 Å². The Bertz CT molecular complexity index is 637. The quantitative estimate of drug-likeness (QED) is 0.712. The van der Waals surface area contributed by atoms with E-state index in [1.165, 1.54) is 16.8 Å². The molecule has 1 unspecified atom stereocenters. The third kappa shape index (κ3) is 1.37. The van der Waals surface area contributed by atoms with E-state index in [4.69, 9.17) is 4.74 Å². The Labute approximate surface area is 113 Å². The molecule has 2 heteroatoms. The molecule has 2 aromatic carbocycles. The first-order chi connectivity index (χ1) is 9.31. The average molecular weight is 251 g/mol. The molecule has 0 fully saturated rings. The molecule has 1 atom stereocenters. The fourth-order valence-electron chi connectivity index (χ4n) is 3.63. The molecule has 0 amide bonds. The monoisotopic (exact) mass is 251 g/mol. The van der Waals surface area contributed by atoms with Crippen molar-refractivity contribution >= 4 is 5.69 Å². The zero-order valence-corrected chi connectivity index (χ0v) is 11.1. The summed E-state index contributed by atoms with van der Waals surface area (Å²) in [5.74, 6) is 1.05. The molecule has 0 N–H and O–H groups in total. The SMILES string of the molecule is CN1c2ccccc2CC12CCOc1ccccc12. The predicted molar refractivity (Wildman–Crippen MR) is 76.8 cm³/mol. The van der Waals surface area contributed by atoms with Crippen LogP contribution in [0.15, 0.2) is 48.5 Å². The molecule has 0 radical (unpaired) electrons. The smallest absolute Gasteiger partial charge is 0.124 e. The second kappa shape index (κ2) is 3.77. The molecule has 0 saturated heterocycles. The van der Waals surface area contributed by atoms with Crippen LogP contribution in [-0.4, -0.2) is 13.7 Å². The predicted octanol–water partition coefficient (Wildman–Crippen LogP) is 3.36. The lowest BCUT2D eigenvalue weighted by Crippen LogP contribution is -2.45. The Balaban J connectivity index is 1.90. The summed E-state index contributed by atoms with van der Waals surface area (Å²) in [6.07, 6.45) is 2.13. The summed E-state index contributed by atoms with van der Waals surface area (Å²) in [5.41, 5.74) is 4.22. The van der Waals surface area contributed by atoms with E-state index in [0.717, 1.165) is 25.2 Å². The Morgan fingerprint density at radius 1 is 1.05 bits per heavy atom. The number of anilines is 1. The number of ether oxygens (including phenoxy) is 1. The van der Waals surface area contributed by atoms with Crippen LogP contribution in [0.1, 0.15) is 17.5 Å². The second-order valence-electron chi connectivity index (χ2n) is 5.49. The summed E-state index contributed by atoms with van der Waals surface area (Å²) < 4.78 is 5.83. The first kappa shape index (κ1) is 10.9. The van der Waals surface area contributed by atoms with Crippen molar-refractivity contribution < 1.29 is 4.74 Å². The van der Waals surface area contributed by atoms with Crippen LogP contribution in [0.25, 0.3) is 0 Å². The summed E-state index contributed by atoms with van der Waals surface area (Å²) in [6, 6.07) is 17.2. The van der Waals surface area contributed by atoms with Crippen molar-refractivity contribution in [1.82, 2.24) is 0 Å². The maximum atomic E-state index is 5.83. The molecule has 2 aromatic rings. The van der Waals surface area contributed by atoms with Gasteiger partial charge in [0.25, 0.3) is 0 Å². The van der Waals surface area contributed by atoms with Gasteiger partial charge in [-0.3, -0.25) is 0 Å². The standard InChI is InChI=1S/C17H17NO/c1-18-15-8-4-2-6-13(15)12-17(18)10-11-19-16-9-5-3-7-14(16)17/h2-9H,10-12H2,1H3. The van der Waals surface area contributed by atoms with Gasteiger partial charge < -0.3 is 9.64 Å². The fraction of sp³-hybridized carbons (Fsp3) is 0.294. The zero-order valence-electron chi connectivity index (χ0n) is 11.1. The van der Waals surface area contributed by atoms with Crippen LogP contribution in [0.2, 0.25) is 0 Å². The molecule has 2 aliphatic heterocycles. The molecule has 1 spiro atoms. The number of benzene rings is 2. The average Bonchev–Trinajstić information content (AvgIpc) is 2.74. The molecule has 0 aromatic heterocycles. The van der Waals surface area contributed by atoms with Crippen LogP contribution in [-0.2, 0) is 12.0 Å². The molecular formula is C17H17NO. The Kier molecular flexibility index (Phi) is 2.16. The van der Waals surface area contributed by atoms with E-state index < -0.39 is 0 Å². The number of para-hydroxylation sites is 2. The third-order valence-electron chi connectivity index (χ3n) is 4.64. The van der Waals surface area contributed by atoms with Gasteiger partial charge in [0.2, 0.25) is 0 Å². The van der Waals surface area contributed by atoms with Crippen LogP contribution in [0.5, 0.6) is 5.75 Å². The Morgan fingerprint density at radius 3 is 2.74 bits per heavy atom. The van der Waals surface area contributed by atoms with Crippen molar-refractivity contribution in [1.29, 1.82) is 0 Å². The van der Waals surface area contributed by atoms with E-state index in [1.54, 1.807) is 0 Å². The fourth-order valence-corrected chi connectivity index (χ4v) is 3.63. The van der Waals surface area contributed by atoms with Crippen LogP contribution >= 0.6 is 0 Å². The number of fused-ring (bicyclic) bond motifs is 3. The molecule has 2 heterocycles. The van der Waals surface area contributed by atoms with Gasteiger partial charge in [-0.1, -0.05) is 36.4 Å². The minimum absolute atomic E-state index is 0.0819. The van der Waals surface area contributed by atoms with Gasteiger partial charge in [0.1, 0.15) is 5.75 Å². The van der Waals surface area contributed by atoms with Crippen LogP contribution in [0, 0.1) is 0 Å². The number of hydrogen-bond acceptors (Lipinski definition) is 2. The van der Waals surface area contributed by atoms with Gasteiger partial charge in [0, 0.05) is 31.1 Å². The van der Waals surface area contributed by atoms with Crippen molar-refractivity contribution in [3.63, 3.8) is 0 Å². The number of nitrogens with zero attached hydrogens (tertiary/aromatic N) is 1. The zero-order chi connectivity index (χ0) is 12.9. The normalized spacial score (nSPS) is 23.9. The molecule has 2 aliphatic rings. The van der Waals surface area contributed by atoms with Gasteiger partial charge in [-0.25, -0.2) is 0 Å². The summed E-state index contributed by atoms with van der Waals surface area (Å²) in [5, 5.41) is 0. The highest BCUT2D eigenvalue weighted by molar-refractivity contribution is 5.64. The lowest BCUT2D eigenvalue weighted by atomic mass is 9.81. The minimum Gasteiger partial charge on any atom is -0.493 e. The Hall–Kier alpha value is -1.96. The van der Waals surface area contributed by atoms with Crippen LogP contribution in [0.3, 0.4) is 0 Å². The number of rotatable bonds is 0. The van der Waals surface area contributed by atoms with E-state index >= 15 is 0 Å². The Morgan fingerprint density at radius 2 is 1.84 bits per heavy atom. The second-order valence-corrected chi connectivity index (χ2v) is 5.49. The topological polar surface area (TPSA) is 12.5 Å². The molecule has 96 valence electrons. The summed E-state index contributed by atoms with van der Waals surface area (Å²) in [6.45, 7) is 0.801. The first-order valence-electron chi connectivity index (χ1n) is 6.85. The lowest BCUT2D eigenvalue weighted by Gasteiger charge is -2.42. The number of likely N-dealkylation sites (N-methyl/N-ethyl adjacent to an activating group) is 1. The number of hydrogen-bond donors (Lipinski definition) is 0. The van der Waals surface area contributed by atoms with Crippen LogP contribution in [0.4, 0.5) is 5.69 Å². The molecule has 0 bridgehead atoms. The van der Waals surface area contributed by atoms with Gasteiger partial charge in [0.05, 0.1) is 12.1 Å². The molecule has 4 rings (SSSR count). The summed E-state index contributed by atoms with van der Waals surface area (Å²) in [7, 11) is 2.22. The van der Waals surface area contributed by atoms with Gasteiger partial charge in [-0.15, -0.1) is 0 Å². The lowest BCUT2D eigenvalue weighted by molar-refractivity contribution is 0.217. The maximum absolute atomic E-state index is 5.83. The minimum atomic E-state index is 0.0819. The summed E-state index contributed by atoms with van der Waals surface area (Å²) >= 11 is 0. The van der Waals surface area contributed by atoms with Gasteiger partial charge in [0.15, 0.2) is 0 Å². The highest BCUT2D eigenvalue weighted by Crippen LogP contribution is 2.50. The van der Waals surface area contributed by atoms with Crippen molar-refractivity contribution in [2.45, 2.75) is 18.4 Å². The van der Waals surface area contributed by atoms with E-state index in [-0.39, 0.29) is 5.54 Å². The highest BCUT2D eigenvalue weighted by atomic mass is 16.5. The molecule has 2 nitrogen and oxygen atoms in total. The first-order valence-corrected chi connectivity index (χ1v) is 6.85. The highest BCUT2D eigenvalue weighted by Gasteiger charge is 2.46. The maximum Gasteiger partial charge on any atom is 0.124 e. The van der Waals surface area contributed by atoms with Crippen molar-refractivity contribution in [2.75, 3.05) is 18.6 Å². The van der Waals surface area contributed by atoms with Gasteiger partial charge in [-0.2, -0.15) is 0 Å². The molecule has 0 aliphatic carbocycles. The van der Waals surface area contributed by atoms with Crippen molar-refractivity contribution in [2.24, 2.45) is 0 Å². The van der Waals surface area contributed by atoms with E-state index in [1.807, 2.05) is 0 Å². The van der Waals surface area contributed by atoms with E-state index in [2.05, 4.69) is 60.5 Å². The van der Waals surface area contributed by atoms with Crippen molar-refractivity contribution in [3.8, 4) is 5.75 Å². The van der Waals surface area contributed by atoms with E-state index in [9.17, 15) is 0 Å². The van der Waals surface area contributed by atoms with Gasteiger partial charge >= 0.3 is 0 Å².